The summed E-state index contributed by atoms with van der Waals surface area (Å²) in [7, 11) is 1.56. The van der Waals surface area contributed by atoms with Crippen molar-refractivity contribution in [3.8, 4) is 5.75 Å². The van der Waals surface area contributed by atoms with Crippen molar-refractivity contribution >= 4 is 50.4 Å². The summed E-state index contributed by atoms with van der Waals surface area (Å²) in [5.41, 5.74) is 1.89. The lowest BCUT2D eigenvalue weighted by Gasteiger charge is -2.24. The highest BCUT2D eigenvalue weighted by molar-refractivity contribution is 9.10. The second-order valence-electron chi connectivity index (χ2n) is 6.85. The van der Waals surface area contributed by atoms with E-state index < -0.39 is 17.7 Å². The molecule has 1 fully saturated rings. The van der Waals surface area contributed by atoms with Crippen LogP contribution >= 0.6 is 27.3 Å². The predicted octanol–water partition coefficient (Wildman–Crippen LogP) is 5.45. The van der Waals surface area contributed by atoms with Crippen molar-refractivity contribution in [1.29, 1.82) is 0 Å². The molecular weight excluding hydrogens is 466 g/mol. The summed E-state index contributed by atoms with van der Waals surface area (Å²) in [6.45, 7) is 1.82. The van der Waals surface area contributed by atoms with E-state index in [0.717, 1.165) is 14.9 Å². The molecule has 1 atom stereocenters. The van der Waals surface area contributed by atoms with Gasteiger partial charge in [0.1, 0.15) is 17.6 Å². The molecule has 1 aromatic heterocycles. The molecule has 7 heteroatoms. The van der Waals surface area contributed by atoms with Crippen molar-refractivity contribution in [1.82, 2.24) is 0 Å². The third kappa shape index (κ3) is 3.44. The van der Waals surface area contributed by atoms with Crippen molar-refractivity contribution < 1.29 is 19.4 Å². The molecule has 152 valence electrons. The molecule has 0 saturated carbocycles. The standard InChI is InChI=1S/C23H18BrNO4S/c1-13-11-16(29-2)8-9-17(13)21(26)19-20(18-7-4-10-30-18)25(23(28)22(19)27)15-6-3-5-14(24)12-15/h3-12,20,26H,1-2H3/b21-19-. The Labute approximate surface area is 186 Å². The number of benzene rings is 2. The Balaban J connectivity index is 1.93. The van der Waals surface area contributed by atoms with Crippen LogP contribution in [-0.4, -0.2) is 23.9 Å². The Morgan fingerprint density at radius 3 is 2.57 bits per heavy atom. The molecule has 1 unspecified atom stereocenters. The Bertz CT molecular complexity index is 1170. The van der Waals surface area contributed by atoms with E-state index in [1.165, 1.54) is 16.2 Å². The van der Waals surface area contributed by atoms with Gasteiger partial charge in [-0.15, -0.1) is 11.3 Å². The van der Waals surface area contributed by atoms with Gasteiger partial charge in [-0.2, -0.15) is 0 Å². The first kappa shape index (κ1) is 20.4. The zero-order valence-corrected chi connectivity index (χ0v) is 18.7. The molecule has 4 rings (SSSR count). The molecule has 0 spiro atoms. The van der Waals surface area contributed by atoms with Gasteiger partial charge in [0.2, 0.25) is 0 Å². The number of nitrogens with zero attached hydrogens (tertiary/aromatic N) is 1. The average molecular weight is 484 g/mol. The molecule has 3 aromatic rings. The molecule has 1 saturated heterocycles. The number of rotatable bonds is 4. The fourth-order valence-corrected chi connectivity index (χ4v) is 4.83. The number of hydrogen-bond donors (Lipinski definition) is 1. The van der Waals surface area contributed by atoms with Crippen LogP contribution in [0.5, 0.6) is 5.75 Å². The smallest absolute Gasteiger partial charge is 0.300 e. The van der Waals surface area contributed by atoms with Crippen molar-refractivity contribution in [3.63, 3.8) is 0 Å². The maximum Gasteiger partial charge on any atom is 0.300 e. The summed E-state index contributed by atoms with van der Waals surface area (Å²) in [6.07, 6.45) is 0. The normalized spacial score (nSPS) is 18.1. The average Bonchev–Trinajstić information content (AvgIpc) is 3.34. The van der Waals surface area contributed by atoms with E-state index >= 15 is 0 Å². The van der Waals surface area contributed by atoms with E-state index in [1.807, 2.05) is 30.5 Å². The molecule has 2 aromatic carbocycles. The molecule has 5 nitrogen and oxygen atoms in total. The van der Waals surface area contributed by atoms with Gasteiger partial charge in [-0.25, -0.2) is 0 Å². The van der Waals surface area contributed by atoms with E-state index in [4.69, 9.17) is 4.74 Å². The molecule has 1 N–H and O–H groups in total. The van der Waals surface area contributed by atoms with Gasteiger partial charge in [0, 0.05) is 20.6 Å². The third-order valence-electron chi connectivity index (χ3n) is 5.03. The molecule has 0 bridgehead atoms. The summed E-state index contributed by atoms with van der Waals surface area (Å²) >= 11 is 4.85. The zero-order valence-electron chi connectivity index (χ0n) is 16.3. The fourth-order valence-electron chi connectivity index (χ4n) is 3.61. The number of carbonyl (C=O) groups is 2. The number of methoxy groups -OCH3 is 1. The first-order chi connectivity index (χ1) is 14.4. The van der Waals surface area contributed by atoms with Crippen molar-refractivity contribution in [2.75, 3.05) is 12.0 Å². The molecule has 1 amide bonds. The number of anilines is 1. The van der Waals surface area contributed by atoms with Gasteiger partial charge in [0.05, 0.1) is 12.7 Å². The number of hydrogen-bond acceptors (Lipinski definition) is 5. The van der Waals surface area contributed by atoms with Gasteiger partial charge >= 0.3 is 0 Å². The van der Waals surface area contributed by atoms with Gasteiger partial charge < -0.3 is 9.84 Å². The minimum atomic E-state index is -0.708. The number of ether oxygens (including phenoxy) is 1. The summed E-state index contributed by atoms with van der Waals surface area (Å²) in [5.74, 6) is -0.918. The van der Waals surface area contributed by atoms with Crippen LogP contribution in [0.1, 0.15) is 22.0 Å². The van der Waals surface area contributed by atoms with Gasteiger partial charge in [0.25, 0.3) is 11.7 Å². The fraction of sp³-hybridized carbons (Fsp3) is 0.130. The number of amides is 1. The minimum Gasteiger partial charge on any atom is -0.507 e. The highest BCUT2D eigenvalue weighted by Crippen LogP contribution is 2.44. The first-order valence-electron chi connectivity index (χ1n) is 9.17. The predicted molar refractivity (Wildman–Crippen MR) is 121 cm³/mol. The van der Waals surface area contributed by atoms with Crippen molar-refractivity contribution in [3.05, 3.63) is 86.0 Å². The van der Waals surface area contributed by atoms with Crippen molar-refractivity contribution in [2.24, 2.45) is 0 Å². The number of thiophene rings is 1. The number of aliphatic hydroxyl groups is 1. The third-order valence-corrected chi connectivity index (χ3v) is 6.45. The summed E-state index contributed by atoms with van der Waals surface area (Å²) < 4.78 is 6.02. The SMILES string of the molecule is COc1ccc(/C(O)=C2/C(=O)C(=O)N(c3cccc(Br)c3)C2c2cccs2)c(C)c1. The molecular formula is C23H18BrNO4S. The van der Waals surface area contributed by atoms with E-state index in [0.29, 0.717) is 17.0 Å². The lowest BCUT2D eigenvalue weighted by atomic mass is 9.97. The van der Waals surface area contributed by atoms with Crippen molar-refractivity contribution in [2.45, 2.75) is 13.0 Å². The Morgan fingerprint density at radius 1 is 1.13 bits per heavy atom. The van der Waals surface area contributed by atoms with Gasteiger partial charge in [0.15, 0.2) is 0 Å². The quantitative estimate of drug-likeness (QED) is 0.304. The molecule has 1 aliphatic heterocycles. The number of aryl methyl sites for hydroxylation is 1. The maximum atomic E-state index is 13.1. The number of aliphatic hydroxyl groups excluding tert-OH is 1. The van der Waals surface area contributed by atoms with Gasteiger partial charge in [-0.05, 0) is 60.3 Å². The number of carbonyl (C=O) groups excluding carboxylic acids is 2. The van der Waals surface area contributed by atoms with Crippen LogP contribution in [0.2, 0.25) is 0 Å². The number of halogens is 1. The monoisotopic (exact) mass is 483 g/mol. The second-order valence-corrected chi connectivity index (χ2v) is 8.74. The highest BCUT2D eigenvalue weighted by atomic mass is 79.9. The summed E-state index contributed by atoms with van der Waals surface area (Å²) in [5, 5.41) is 13.1. The van der Waals surface area contributed by atoms with Crippen LogP contribution in [0.25, 0.3) is 5.76 Å². The lowest BCUT2D eigenvalue weighted by molar-refractivity contribution is -0.132. The molecule has 30 heavy (non-hydrogen) atoms. The molecule has 0 aliphatic carbocycles. The Kier molecular flexibility index (Phi) is 5.49. The van der Waals surface area contributed by atoms with E-state index in [9.17, 15) is 14.7 Å². The summed E-state index contributed by atoms with van der Waals surface area (Å²) in [4.78, 5) is 28.4. The van der Waals surface area contributed by atoms with E-state index in [-0.39, 0.29) is 11.3 Å². The number of Topliss-reactive ketones (excluding diaryl/α,β-unsaturated/α-hetero) is 1. The topological polar surface area (TPSA) is 66.8 Å². The van der Waals surface area contributed by atoms with Gasteiger partial charge in [-0.3, -0.25) is 14.5 Å². The Hall–Kier alpha value is -2.90. The van der Waals surface area contributed by atoms with Gasteiger partial charge in [-0.1, -0.05) is 28.1 Å². The lowest BCUT2D eigenvalue weighted by Crippen LogP contribution is -2.29. The maximum absolute atomic E-state index is 13.1. The van der Waals surface area contributed by atoms with Crippen LogP contribution in [0.15, 0.2) is 70.0 Å². The first-order valence-corrected chi connectivity index (χ1v) is 10.8. The largest absolute Gasteiger partial charge is 0.507 e. The molecule has 1 aliphatic rings. The second kappa shape index (κ2) is 8.08. The van der Waals surface area contributed by atoms with Crippen LogP contribution in [0.3, 0.4) is 0 Å². The van der Waals surface area contributed by atoms with Crippen LogP contribution < -0.4 is 9.64 Å². The number of ketones is 1. The highest BCUT2D eigenvalue weighted by Gasteiger charge is 2.47. The Morgan fingerprint density at radius 2 is 1.93 bits per heavy atom. The van der Waals surface area contributed by atoms with Crippen LogP contribution in [0, 0.1) is 6.92 Å². The minimum absolute atomic E-state index is 0.0793. The molecule has 2 heterocycles. The summed E-state index contributed by atoms with van der Waals surface area (Å²) in [6, 6.07) is 15.4. The zero-order chi connectivity index (χ0) is 21.4. The molecule has 0 radical (unpaired) electrons. The van der Waals surface area contributed by atoms with E-state index in [2.05, 4.69) is 15.9 Å². The van der Waals surface area contributed by atoms with Crippen LogP contribution in [-0.2, 0) is 9.59 Å². The van der Waals surface area contributed by atoms with Crippen LogP contribution in [0.4, 0.5) is 5.69 Å². The van der Waals surface area contributed by atoms with E-state index in [1.54, 1.807) is 43.5 Å².